The summed E-state index contributed by atoms with van der Waals surface area (Å²) in [6, 6.07) is 9.95. The first-order valence-corrected chi connectivity index (χ1v) is 11.0. The summed E-state index contributed by atoms with van der Waals surface area (Å²) >= 11 is 0. The lowest BCUT2D eigenvalue weighted by atomic mass is 9.76. The van der Waals surface area contributed by atoms with Crippen molar-refractivity contribution in [3.8, 4) is 0 Å². The Morgan fingerprint density at radius 2 is 2.06 bits per heavy atom. The molecule has 0 aromatic heterocycles. The van der Waals surface area contributed by atoms with Crippen molar-refractivity contribution < 1.29 is 19.1 Å². The molecule has 1 unspecified atom stereocenters. The van der Waals surface area contributed by atoms with Crippen LogP contribution in [0.1, 0.15) is 57.4 Å². The molecule has 166 valence electrons. The topological polar surface area (TPSA) is 88.1 Å². The minimum absolute atomic E-state index is 0.0139. The summed E-state index contributed by atoms with van der Waals surface area (Å²) in [4.78, 5) is 38.8. The Hall–Kier alpha value is -2.96. The summed E-state index contributed by atoms with van der Waals surface area (Å²) in [5.74, 6) is -0.307. The van der Waals surface area contributed by atoms with Crippen molar-refractivity contribution in [3.63, 3.8) is 0 Å². The number of hydrogen-bond acceptors (Lipinski definition) is 5. The van der Waals surface area contributed by atoms with Gasteiger partial charge in [-0.1, -0.05) is 42.5 Å². The Labute approximate surface area is 183 Å². The van der Waals surface area contributed by atoms with Crippen LogP contribution in [0.25, 0.3) is 6.08 Å². The van der Waals surface area contributed by atoms with Crippen LogP contribution in [0.5, 0.6) is 0 Å². The molecule has 0 bridgehead atoms. The number of nitrogens with one attached hydrogen (secondary N) is 1. The van der Waals surface area contributed by atoms with Crippen LogP contribution in [0, 0.1) is 5.41 Å². The molecular formula is C24H31N3O4. The van der Waals surface area contributed by atoms with E-state index in [-0.39, 0.29) is 17.8 Å². The van der Waals surface area contributed by atoms with E-state index in [1.54, 1.807) is 11.8 Å². The molecule has 1 N–H and O–H groups in total. The van der Waals surface area contributed by atoms with E-state index < -0.39 is 5.41 Å². The first kappa shape index (κ1) is 22.7. The van der Waals surface area contributed by atoms with Crippen molar-refractivity contribution in [2.45, 2.75) is 51.9 Å². The second kappa shape index (κ2) is 10.9. The molecule has 2 aliphatic rings. The van der Waals surface area contributed by atoms with Crippen LogP contribution in [-0.2, 0) is 19.1 Å². The van der Waals surface area contributed by atoms with Crippen LogP contribution < -0.4 is 5.43 Å². The quantitative estimate of drug-likeness (QED) is 0.647. The second-order valence-electron chi connectivity index (χ2n) is 8.15. The molecule has 1 atom stereocenters. The number of rotatable bonds is 8. The van der Waals surface area contributed by atoms with Gasteiger partial charge in [-0.3, -0.25) is 14.4 Å². The van der Waals surface area contributed by atoms with E-state index in [0.29, 0.717) is 58.2 Å². The van der Waals surface area contributed by atoms with E-state index in [2.05, 4.69) is 10.5 Å². The number of allylic oxidation sites excluding steroid dienone is 1. The Bertz CT molecular complexity index is 850. The smallest absolute Gasteiger partial charge is 0.314 e. The predicted molar refractivity (Wildman–Crippen MR) is 119 cm³/mol. The van der Waals surface area contributed by atoms with Crippen LogP contribution >= 0.6 is 0 Å². The molecule has 2 amide bonds. The minimum atomic E-state index is -0.717. The number of esters is 1. The third-order valence-electron chi connectivity index (χ3n) is 5.86. The van der Waals surface area contributed by atoms with Gasteiger partial charge in [-0.2, -0.15) is 5.10 Å². The number of nitrogens with zero attached hydrogens (tertiary/aromatic N) is 2. The van der Waals surface area contributed by atoms with Gasteiger partial charge >= 0.3 is 5.97 Å². The van der Waals surface area contributed by atoms with Gasteiger partial charge in [0.05, 0.1) is 12.0 Å². The molecule has 0 aliphatic carbocycles. The van der Waals surface area contributed by atoms with Crippen molar-refractivity contribution in [2.24, 2.45) is 10.5 Å². The average Bonchev–Trinajstić information content (AvgIpc) is 2.79. The van der Waals surface area contributed by atoms with E-state index in [1.165, 1.54) is 0 Å². The maximum Gasteiger partial charge on any atom is 0.314 e. The highest BCUT2D eigenvalue weighted by Crippen LogP contribution is 2.36. The number of hydrazone groups is 1. The highest BCUT2D eigenvalue weighted by Gasteiger charge is 2.43. The van der Waals surface area contributed by atoms with Gasteiger partial charge < -0.3 is 9.64 Å². The van der Waals surface area contributed by atoms with Crippen LogP contribution in [-0.4, -0.2) is 48.1 Å². The molecule has 1 fully saturated rings. The van der Waals surface area contributed by atoms with Gasteiger partial charge in [0.15, 0.2) is 0 Å². The van der Waals surface area contributed by atoms with Gasteiger partial charge in [-0.05, 0) is 44.6 Å². The third kappa shape index (κ3) is 6.26. The van der Waals surface area contributed by atoms with Crippen molar-refractivity contribution in [2.75, 3.05) is 19.7 Å². The number of hydrogen-bond donors (Lipinski definition) is 1. The third-order valence-corrected chi connectivity index (χ3v) is 5.86. The summed E-state index contributed by atoms with van der Waals surface area (Å²) in [6.07, 6.45) is 7.88. The maximum atomic E-state index is 12.9. The Morgan fingerprint density at radius 3 is 2.77 bits per heavy atom. The van der Waals surface area contributed by atoms with Gasteiger partial charge in [0.2, 0.25) is 11.8 Å². The van der Waals surface area contributed by atoms with Gasteiger partial charge in [-0.15, -0.1) is 0 Å². The molecule has 1 saturated heterocycles. The maximum absolute atomic E-state index is 12.9. The molecule has 31 heavy (non-hydrogen) atoms. The molecule has 7 heteroatoms. The number of amides is 2. The van der Waals surface area contributed by atoms with Gasteiger partial charge in [0.25, 0.3) is 0 Å². The fraction of sp³-hybridized carbons (Fsp3) is 0.500. The number of benzene rings is 1. The first-order valence-electron chi connectivity index (χ1n) is 11.0. The molecule has 7 nitrogen and oxygen atoms in total. The van der Waals surface area contributed by atoms with Crippen molar-refractivity contribution in [1.82, 2.24) is 10.3 Å². The lowest BCUT2D eigenvalue weighted by Crippen LogP contribution is -2.50. The average molecular weight is 426 g/mol. The predicted octanol–water partition coefficient (Wildman–Crippen LogP) is 3.31. The summed E-state index contributed by atoms with van der Waals surface area (Å²) in [5.41, 5.74) is 3.67. The molecule has 0 radical (unpaired) electrons. The van der Waals surface area contributed by atoms with Crippen LogP contribution in [0.2, 0.25) is 0 Å². The lowest BCUT2D eigenvalue weighted by Gasteiger charge is -2.40. The zero-order chi connectivity index (χ0) is 22.1. The van der Waals surface area contributed by atoms with E-state index in [9.17, 15) is 14.4 Å². The number of piperidine rings is 1. The molecule has 2 heterocycles. The number of ether oxygens (including phenoxy) is 1. The molecule has 2 aliphatic heterocycles. The zero-order valence-electron chi connectivity index (χ0n) is 18.1. The van der Waals surface area contributed by atoms with E-state index in [1.807, 2.05) is 42.5 Å². The first-order chi connectivity index (χ1) is 15.0. The number of carbonyl (C=O) groups is 3. The highest BCUT2D eigenvalue weighted by atomic mass is 16.5. The summed E-state index contributed by atoms with van der Waals surface area (Å²) in [5, 5.41) is 4.04. The fourth-order valence-corrected chi connectivity index (χ4v) is 4.13. The van der Waals surface area contributed by atoms with Crippen molar-refractivity contribution in [3.05, 3.63) is 42.0 Å². The van der Waals surface area contributed by atoms with Gasteiger partial charge in [0.1, 0.15) is 0 Å². The van der Waals surface area contributed by atoms with Gasteiger partial charge in [-0.25, -0.2) is 5.43 Å². The molecule has 3 rings (SSSR count). The summed E-state index contributed by atoms with van der Waals surface area (Å²) < 4.78 is 5.41. The summed E-state index contributed by atoms with van der Waals surface area (Å²) in [7, 11) is 0. The zero-order valence-corrected chi connectivity index (χ0v) is 18.1. The van der Waals surface area contributed by atoms with E-state index in [0.717, 1.165) is 17.7 Å². The molecule has 1 aromatic carbocycles. The second-order valence-corrected chi connectivity index (χ2v) is 8.15. The normalized spacial score (nSPS) is 21.5. The molecule has 0 spiro atoms. The lowest BCUT2D eigenvalue weighted by molar-refractivity contribution is -0.160. The fourth-order valence-electron chi connectivity index (χ4n) is 4.13. The molecule has 0 saturated carbocycles. The SMILES string of the molecule is CCOC(=O)C1(C/C=C/c2ccccc2)CCCN(C(=O)CCC2=NNC(=O)CC2)C1. The Kier molecular flexibility index (Phi) is 7.98. The van der Waals surface area contributed by atoms with Crippen molar-refractivity contribution in [1.29, 1.82) is 0 Å². The van der Waals surface area contributed by atoms with Crippen LogP contribution in [0.4, 0.5) is 0 Å². The van der Waals surface area contributed by atoms with Crippen molar-refractivity contribution >= 4 is 29.6 Å². The molecular weight excluding hydrogens is 394 g/mol. The Morgan fingerprint density at radius 1 is 1.26 bits per heavy atom. The van der Waals surface area contributed by atoms with Gasteiger partial charge in [0, 0.05) is 31.6 Å². The van der Waals surface area contributed by atoms with E-state index >= 15 is 0 Å². The summed E-state index contributed by atoms with van der Waals surface area (Å²) in [6.45, 7) is 3.14. The number of carbonyl (C=O) groups excluding carboxylic acids is 3. The van der Waals surface area contributed by atoms with E-state index in [4.69, 9.17) is 4.74 Å². The standard InChI is InChI=1S/C24H31N3O4/c1-2-31-23(30)24(15-6-10-19-8-4-3-5-9-19)16-7-17-27(18-24)22(29)14-12-20-11-13-21(28)26-25-20/h3-6,8-10H,2,7,11-18H2,1H3,(H,26,28)/b10-6+. The highest BCUT2D eigenvalue weighted by molar-refractivity contribution is 5.94. The van der Waals surface area contributed by atoms with Crippen LogP contribution in [0.3, 0.4) is 0 Å². The Balaban J connectivity index is 1.65. The number of likely N-dealkylation sites (tertiary alicyclic amines) is 1. The monoisotopic (exact) mass is 425 g/mol. The minimum Gasteiger partial charge on any atom is -0.466 e. The molecule has 1 aromatic rings. The largest absolute Gasteiger partial charge is 0.466 e. The van der Waals surface area contributed by atoms with Crippen LogP contribution in [0.15, 0.2) is 41.5 Å².